The lowest BCUT2D eigenvalue weighted by Gasteiger charge is -2.33. The maximum atomic E-state index is 12.9. The van der Waals surface area contributed by atoms with Gasteiger partial charge in [-0.3, -0.25) is 9.59 Å². The lowest BCUT2D eigenvalue weighted by Crippen LogP contribution is -2.43. The van der Waals surface area contributed by atoms with Crippen LogP contribution in [0.1, 0.15) is 48.3 Å². The third-order valence-corrected chi connectivity index (χ3v) is 6.89. The van der Waals surface area contributed by atoms with Gasteiger partial charge in [0.25, 0.3) is 5.91 Å². The molecule has 2 aromatic carbocycles. The van der Waals surface area contributed by atoms with E-state index in [1.165, 1.54) is 6.42 Å². The van der Waals surface area contributed by atoms with Gasteiger partial charge in [0, 0.05) is 36.3 Å². The van der Waals surface area contributed by atoms with Gasteiger partial charge < -0.3 is 20.1 Å². The normalized spacial score (nSPS) is 19.2. The molecule has 6 rings (SSSR count). The Kier molecular flexibility index (Phi) is 4.86. The molecular formula is C25H26N6O2. The van der Waals surface area contributed by atoms with E-state index in [1.807, 2.05) is 36.4 Å². The van der Waals surface area contributed by atoms with Gasteiger partial charge in [0.1, 0.15) is 11.9 Å². The summed E-state index contributed by atoms with van der Waals surface area (Å²) in [6, 6.07) is 13.1. The second kappa shape index (κ2) is 8.03. The second-order valence-electron chi connectivity index (χ2n) is 9.01. The summed E-state index contributed by atoms with van der Waals surface area (Å²) in [5.74, 6) is 1.74. The Morgan fingerprint density at radius 3 is 2.76 bits per heavy atom. The van der Waals surface area contributed by atoms with E-state index in [2.05, 4.69) is 30.3 Å². The first-order chi connectivity index (χ1) is 16.2. The number of hydrogen-bond acceptors (Lipinski definition) is 5. The summed E-state index contributed by atoms with van der Waals surface area (Å²) in [4.78, 5) is 27.4. The molecule has 0 radical (unpaired) electrons. The van der Waals surface area contributed by atoms with Crippen LogP contribution in [0.2, 0.25) is 0 Å². The van der Waals surface area contributed by atoms with Crippen LogP contribution in [0.15, 0.2) is 42.5 Å². The van der Waals surface area contributed by atoms with Gasteiger partial charge in [-0.25, -0.2) is 0 Å². The molecule has 0 bridgehead atoms. The Morgan fingerprint density at radius 2 is 1.88 bits per heavy atom. The number of aryl methyl sites for hydroxylation is 1. The first-order valence-electron chi connectivity index (χ1n) is 11.7. The monoisotopic (exact) mass is 442 g/mol. The van der Waals surface area contributed by atoms with Crippen molar-refractivity contribution in [3.63, 3.8) is 0 Å². The number of benzene rings is 2. The first kappa shape index (κ1) is 20.0. The van der Waals surface area contributed by atoms with E-state index in [4.69, 9.17) is 0 Å². The smallest absolute Gasteiger partial charge is 0.255 e. The van der Waals surface area contributed by atoms with Crippen LogP contribution in [0.25, 0.3) is 11.4 Å². The molecular weight excluding hydrogens is 416 g/mol. The Bertz CT molecular complexity index is 1230. The number of rotatable bonds is 3. The highest BCUT2D eigenvalue weighted by Gasteiger charge is 2.36. The molecule has 1 aromatic heterocycles. The quantitative estimate of drug-likeness (QED) is 0.643. The Balaban J connectivity index is 1.19. The van der Waals surface area contributed by atoms with Gasteiger partial charge in [0.05, 0.1) is 11.4 Å². The molecule has 1 saturated heterocycles. The van der Waals surface area contributed by atoms with Gasteiger partial charge in [-0.2, -0.15) is 0 Å². The molecule has 1 atom stereocenters. The van der Waals surface area contributed by atoms with Crippen LogP contribution in [0.4, 0.5) is 17.1 Å². The van der Waals surface area contributed by atoms with E-state index in [0.717, 1.165) is 68.1 Å². The van der Waals surface area contributed by atoms with Crippen molar-refractivity contribution in [2.75, 3.05) is 22.1 Å². The summed E-state index contributed by atoms with van der Waals surface area (Å²) in [5.41, 5.74) is 3.91. The molecule has 4 heterocycles. The fourth-order valence-electron chi connectivity index (χ4n) is 5.18. The fraction of sp³-hybridized carbons (Fsp3) is 0.360. The molecule has 3 aliphatic rings. The molecule has 0 spiro atoms. The summed E-state index contributed by atoms with van der Waals surface area (Å²) in [6.07, 6.45) is 6.38. The van der Waals surface area contributed by atoms with Crippen molar-refractivity contribution >= 4 is 28.9 Å². The molecule has 2 N–H and O–H groups in total. The summed E-state index contributed by atoms with van der Waals surface area (Å²) < 4.78 is 2.22. The summed E-state index contributed by atoms with van der Waals surface area (Å²) in [7, 11) is 0. The number of anilines is 3. The highest BCUT2D eigenvalue weighted by molar-refractivity contribution is 6.09. The highest BCUT2D eigenvalue weighted by Crippen LogP contribution is 2.37. The number of carbonyl (C=O) groups is 2. The van der Waals surface area contributed by atoms with Crippen molar-refractivity contribution < 1.29 is 9.59 Å². The Labute approximate surface area is 192 Å². The molecule has 1 fully saturated rings. The van der Waals surface area contributed by atoms with Crippen LogP contribution in [0.5, 0.6) is 0 Å². The molecule has 168 valence electrons. The predicted molar refractivity (Wildman–Crippen MR) is 126 cm³/mol. The van der Waals surface area contributed by atoms with Crippen LogP contribution in [0, 0.1) is 0 Å². The van der Waals surface area contributed by atoms with Crippen LogP contribution in [-0.4, -0.2) is 39.2 Å². The zero-order valence-electron chi connectivity index (χ0n) is 18.4. The third kappa shape index (κ3) is 3.55. The van der Waals surface area contributed by atoms with Gasteiger partial charge in [-0.1, -0.05) is 6.42 Å². The number of nitrogens with zero attached hydrogens (tertiary/aromatic N) is 4. The number of hydrogen-bond donors (Lipinski definition) is 2. The van der Waals surface area contributed by atoms with E-state index in [-0.39, 0.29) is 17.9 Å². The van der Waals surface area contributed by atoms with Crippen molar-refractivity contribution in [2.45, 2.75) is 51.1 Å². The average Bonchev–Trinajstić information content (AvgIpc) is 3.42. The van der Waals surface area contributed by atoms with Gasteiger partial charge in [-0.15, -0.1) is 10.2 Å². The fourth-order valence-corrected chi connectivity index (χ4v) is 5.18. The standard InChI is InChI=1S/C25H26N6O2/c32-24(17-9-12-20-19(15-17)27-25(33)21-5-4-14-30(20)21)26-18-10-7-16(8-11-18)23-29-28-22-6-2-1-3-13-31(22)23/h7-12,15,21H,1-6,13-14H2,(H,26,32)(H,27,33)/t21-/m0/s1. The minimum atomic E-state index is -0.209. The van der Waals surface area contributed by atoms with E-state index >= 15 is 0 Å². The number of amides is 2. The van der Waals surface area contributed by atoms with Crippen LogP contribution < -0.4 is 15.5 Å². The van der Waals surface area contributed by atoms with Gasteiger partial charge in [0.15, 0.2) is 5.82 Å². The Hall–Kier alpha value is -3.68. The minimum absolute atomic E-state index is 0.0134. The number of nitrogens with one attached hydrogen (secondary N) is 2. The topological polar surface area (TPSA) is 92.1 Å². The number of fused-ring (bicyclic) bond motifs is 4. The lowest BCUT2D eigenvalue weighted by molar-refractivity contribution is -0.117. The molecule has 3 aliphatic heterocycles. The average molecular weight is 443 g/mol. The van der Waals surface area contributed by atoms with Gasteiger partial charge >= 0.3 is 0 Å². The van der Waals surface area contributed by atoms with Crippen molar-refractivity contribution in [1.82, 2.24) is 14.8 Å². The summed E-state index contributed by atoms with van der Waals surface area (Å²) >= 11 is 0. The van der Waals surface area contributed by atoms with Crippen molar-refractivity contribution in [1.29, 1.82) is 0 Å². The third-order valence-electron chi connectivity index (χ3n) is 6.89. The van der Waals surface area contributed by atoms with Crippen molar-refractivity contribution in [3.8, 4) is 11.4 Å². The number of carbonyl (C=O) groups excluding carboxylic acids is 2. The molecule has 0 aliphatic carbocycles. The SMILES string of the molecule is O=C(Nc1ccc(-c2nnc3n2CCCCC3)cc1)c1ccc2c(c1)NC(=O)[C@@H]1CCCN21. The predicted octanol–water partition coefficient (Wildman–Crippen LogP) is 3.84. The number of aromatic nitrogens is 3. The van der Waals surface area contributed by atoms with E-state index in [1.54, 1.807) is 6.07 Å². The minimum Gasteiger partial charge on any atom is -0.358 e. The summed E-state index contributed by atoms with van der Waals surface area (Å²) in [6.45, 7) is 1.82. The zero-order valence-corrected chi connectivity index (χ0v) is 18.4. The zero-order chi connectivity index (χ0) is 22.4. The second-order valence-corrected chi connectivity index (χ2v) is 9.01. The Morgan fingerprint density at radius 1 is 1.00 bits per heavy atom. The van der Waals surface area contributed by atoms with Crippen LogP contribution >= 0.6 is 0 Å². The molecule has 8 heteroatoms. The maximum absolute atomic E-state index is 12.9. The van der Waals surface area contributed by atoms with Crippen molar-refractivity contribution in [3.05, 3.63) is 53.9 Å². The van der Waals surface area contributed by atoms with Crippen molar-refractivity contribution in [2.24, 2.45) is 0 Å². The van der Waals surface area contributed by atoms with Crippen LogP contribution in [0.3, 0.4) is 0 Å². The van der Waals surface area contributed by atoms with E-state index in [9.17, 15) is 9.59 Å². The van der Waals surface area contributed by atoms with E-state index in [0.29, 0.717) is 16.9 Å². The molecule has 0 unspecified atom stereocenters. The van der Waals surface area contributed by atoms with Gasteiger partial charge in [-0.05, 0) is 68.1 Å². The first-order valence-corrected chi connectivity index (χ1v) is 11.7. The van der Waals surface area contributed by atoms with Crippen LogP contribution in [-0.2, 0) is 17.8 Å². The van der Waals surface area contributed by atoms with Gasteiger partial charge in [0.2, 0.25) is 5.91 Å². The molecule has 3 aromatic rings. The molecule has 2 amide bonds. The summed E-state index contributed by atoms with van der Waals surface area (Å²) in [5, 5.41) is 14.7. The lowest BCUT2D eigenvalue weighted by atomic mass is 10.1. The molecule has 0 saturated carbocycles. The van der Waals surface area contributed by atoms with E-state index < -0.39 is 0 Å². The maximum Gasteiger partial charge on any atom is 0.255 e. The largest absolute Gasteiger partial charge is 0.358 e. The highest BCUT2D eigenvalue weighted by atomic mass is 16.2. The molecule has 8 nitrogen and oxygen atoms in total. The molecule has 33 heavy (non-hydrogen) atoms.